The van der Waals surface area contributed by atoms with Crippen molar-refractivity contribution in [3.8, 4) is 11.3 Å². The van der Waals surface area contributed by atoms with Gasteiger partial charge in [0.15, 0.2) is 0 Å². The Morgan fingerprint density at radius 2 is 1.84 bits per heavy atom. The van der Waals surface area contributed by atoms with Crippen molar-refractivity contribution < 1.29 is 4.79 Å². The van der Waals surface area contributed by atoms with E-state index in [4.69, 9.17) is 11.6 Å². The Kier molecular flexibility index (Phi) is 4.90. The monoisotopic (exact) mass is 354 g/mol. The van der Waals surface area contributed by atoms with E-state index in [1.54, 1.807) is 61.8 Å². The van der Waals surface area contributed by atoms with Gasteiger partial charge in [0.25, 0.3) is 5.56 Å². The van der Waals surface area contributed by atoms with Crippen LogP contribution in [-0.2, 0) is 4.79 Å². The minimum atomic E-state index is -0.800. The van der Waals surface area contributed by atoms with Crippen LogP contribution < -0.4 is 10.9 Å². The minimum absolute atomic E-state index is 0.361. The van der Waals surface area contributed by atoms with Gasteiger partial charge in [0.2, 0.25) is 5.91 Å². The van der Waals surface area contributed by atoms with Gasteiger partial charge in [-0.25, -0.2) is 4.68 Å². The van der Waals surface area contributed by atoms with E-state index in [0.717, 1.165) is 10.2 Å². The number of carbonyl (C=O) groups excluding carboxylic acids is 1. The molecule has 0 radical (unpaired) electrons. The zero-order valence-corrected chi connectivity index (χ0v) is 14.1. The zero-order chi connectivity index (χ0) is 17.8. The fraction of sp³-hybridized carbons (Fsp3) is 0.111. The quantitative estimate of drug-likeness (QED) is 0.780. The van der Waals surface area contributed by atoms with Gasteiger partial charge in [-0.2, -0.15) is 5.10 Å². The Bertz CT molecular complexity index is 957. The SMILES string of the molecule is CC(C(=O)Nc1ccccc1Cl)n1nc(-c2ccncc2)ccc1=O. The molecule has 0 spiro atoms. The smallest absolute Gasteiger partial charge is 0.267 e. The van der Waals surface area contributed by atoms with Crippen molar-refractivity contribution >= 4 is 23.2 Å². The molecule has 25 heavy (non-hydrogen) atoms. The summed E-state index contributed by atoms with van der Waals surface area (Å²) in [5, 5.41) is 7.45. The summed E-state index contributed by atoms with van der Waals surface area (Å²) in [6.07, 6.45) is 3.28. The van der Waals surface area contributed by atoms with Crippen molar-refractivity contribution in [2.75, 3.05) is 5.32 Å². The lowest BCUT2D eigenvalue weighted by molar-refractivity contribution is -0.119. The number of amides is 1. The van der Waals surface area contributed by atoms with Crippen LogP contribution in [0.15, 0.2) is 65.7 Å². The molecule has 0 saturated heterocycles. The molecule has 1 unspecified atom stereocenters. The standard InChI is InChI=1S/C18H15ClN4O2/c1-12(18(25)21-16-5-3-2-4-14(16)19)23-17(24)7-6-15(22-23)13-8-10-20-11-9-13/h2-12H,1H3,(H,21,25). The van der Waals surface area contributed by atoms with E-state index >= 15 is 0 Å². The van der Waals surface area contributed by atoms with E-state index in [-0.39, 0.29) is 11.5 Å². The Balaban J connectivity index is 1.89. The first-order chi connectivity index (χ1) is 12.1. The van der Waals surface area contributed by atoms with Crippen molar-refractivity contribution in [2.24, 2.45) is 0 Å². The maximum absolute atomic E-state index is 12.5. The third-order valence-electron chi connectivity index (χ3n) is 3.68. The number of hydrogen-bond acceptors (Lipinski definition) is 4. The number of benzene rings is 1. The highest BCUT2D eigenvalue weighted by atomic mass is 35.5. The molecule has 126 valence electrons. The number of pyridine rings is 1. The van der Waals surface area contributed by atoms with E-state index in [0.29, 0.717) is 16.4 Å². The van der Waals surface area contributed by atoms with E-state index in [1.165, 1.54) is 6.07 Å². The van der Waals surface area contributed by atoms with Crippen LogP contribution in [0.3, 0.4) is 0 Å². The molecule has 1 N–H and O–H groups in total. The molecule has 0 bridgehead atoms. The number of carbonyl (C=O) groups is 1. The van der Waals surface area contributed by atoms with Crippen LogP contribution in [0.1, 0.15) is 13.0 Å². The summed E-state index contributed by atoms with van der Waals surface area (Å²) < 4.78 is 1.15. The zero-order valence-electron chi connectivity index (χ0n) is 13.4. The van der Waals surface area contributed by atoms with Crippen molar-refractivity contribution in [1.29, 1.82) is 0 Å². The highest BCUT2D eigenvalue weighted by molar-refractivity contribution is 6.33. The lowest BCUT2D eigenvalue weighted by atomic mass is 10.2. The molecule has 7 heteroatoms. The number of hydrogen-bond donors (Lipinski definition) is 1. The van der Waals surface area contributed by atoms with Gasteiger partial charge in [-0.1, -0.05) is 23.7 Å². The second kappa shape index (κ2) is 7.27. The highest BCUT2D eigenvalue weighted by Crippen LogP contribution is 2.21. The summed E-state index contributed by atoms with van der Waals surface area (Å²) in [5.41, 5.74) is 1.51. The second-order valence-electron chi connectivity index (χ2n) is 5.38. The predicted molar refractivity (Wildman–Crippen MR) is 96.5 cm³/mol. The number of rotatable bonds is 4. The van der Waals surface area contributed by atoms with Gasteiger partial charge in [0.05, 0.1) is 16.4 Å². The van der Waals surface area contributed by atoms with Gasteiger partial charge >= 0.3 is 0 Å². The van der Waals surface area contributed by atoms with E-state index in [9.17, 15) is 9.59 Å². The van der Waals surface area contributed by atoms with Crippen LogP contribution in [0, 0.1) is 0 Å². The average molecular weight is 355 g/mol. The fourth-order valence-corrected chi connectivity index (χ4v) is 2.47. The van der Waals surface area contributed by atoms with Gasteiger partial charge in [-0.3, -0.25) is 14.6 Å². The summed E-state index contributed by atoms with van der Waals surface area (Å²) in [7, 11) is 0. The van der Waals surface area contributed by atoms with Crippen LogP contribution in [0.25, 0.3) is 11.3 Å². The Morgan fingerprint density at radius 1 is 1.12 bits per heavy atom. The van der Waals surface area contributed by atoms with Gasteiger partial charge in [0, 0.05) is 24.0 Å². The topological polar surface area (TPSA) is 76.9 Å². The van der Waals surface area contributed by atoms with Gasteiger partial charge in [-0.05, 0) is 37.3 Å². The summed E-state index contributed by atoms with van der Waals surface area (Å²) in [5.74, 6) is -0.380. The third kappa shape index (κ3) is 3.75. The maximum atomic E-state index is 12.5. The molecule has 1 aromatic carbocycles. The lowest BCUT2D eigenvalue weighted by Crippen LogP contribution is -2.33. The summed E-state index contributed by atoms with van der Waals surface area (Å²) >= 11 is 6.05. The molecule has 2 heterocycles. The fourth-order valence-electron chi connectivity index (χ4n) is 2.29. The molecule has 0 aliphatic rings. The molecule has 1 amide bonds. The molecule has 3 aromatic rings. The Labute approximate surface area is 149 Å². The first-order valence-electron chi connectivity index (χ1n) is 7.62. The first kappa shape index (κ1) is 16.9. The largest absolute Gasteiger partial charge is 0.323 e. The third-order valence-corrected chi connectivity index (χ3v) is 4.01. The number of nitrogens with zero attached hydrogens (tertiary/aromatic N) is 3. The number of halogens is 1. The molecular formula is C18H15ClN4O2. The molecule has 0 fully saturated rings. The van der Waals surface area contributed by atoms with Gasteiger partial charge < -0.3 is 5.32 Å². The highest BCUT2D eigenvalue weighted by Gasteiger charge is 2.19. The van der Waals surface area contributed by atoms with Crippen LogP contribution in [0.2, 0.25) is 5.02 Å². The molecule has 0 saturated carbocycles. The normalized spacial score (nSPS) is 11.8. The van der Waals surface area contributed by atoms with Crippen LogP contribution >= 0.6 is 11.6 Å². The summed E-state index contributed by atoms with van der Waals surface area (Å²) in [6.45, 7) is 1.61. The number of anilines is 1. The van der Waals surface area contributed by atoms with Crippen LogP contribution in [0.5, 0.6) is 0 Å². The van der Waals surface area contributed by atoms with E-state index in [2.05, 4.69) is 15.4 Å². The van der Waals surface area contributed by atoms with Crippen molar-refractivity contribution in [3.05, 3.63) is 76.3 Å². The number of aromatic nitrogens is 3. The van der Waals surface area contributed by atoms with Gasteiger partial charge in [0.1, 0.15) is 6.04 Å². The lowest BCUT2D eigenvalue weighted by Gasteiger charge is -2.15. The van der Waals surface area contributed by atoms with Crippen molar-refractivity contribution in [1.82, 2.24) is 14.8 Å². The molecule has 1 atom stereocenters. The van der Waals surface area contributed by atoms with E-state index in [1.807, 2.05) is 0 Å². The summed E-state index contributed by atoms with van der Waals surface area (Å²) in [4.78, 5) is 28.6. The van der Waals surface area contributed by atoms with Crippen LogP contribution in [0.4, 0.5) is 5.69 Å². The summed E-state index contributed by atoms with van der Waals surface area (Å²) in [6, 6.07) is 12.7. The van der Waals surface area contributed by atoms with E-state index < -0.39 is 6.04 Å². The average Bonchev–Trinajstić information content (AvgIpc) is 2.64. The Morgan fingerprint density at radius 3 is 2.56 bits per heavy atom. The first-order valence-corrected chi connectivity index (χ1v) is 8.00. The molecule has 6 nitrogen and oxygen atoms in total. The minimum Gasteiger partial charge on any atom is -0.323 e. The molecule has 3 rings (SSSR count). The number of nitrogens with one attached hydrogen (secondary N) is 1. The maximum Gasteiger partial charge on any atom is 0.267 e. The predicted octanol–water partition coefficient (Wildman–Crippen LogP) is 3.16. The molecule has 0 aliphatic carbocycles. The second-order valence-corrected chi connectivity index (χ2v) is 5.79. The molecule has 0 aliphatic heterocycles. The Hall–Kier alpha value is -2.99. The molecule has 2 aromatic heterocycles. The molecular weight excluding hydrogens is 340 g/mol. The van der Waals surface area contributed by atoms with Crippen LogP contribution in [-0.4, -0.2) is 20.7 Å². The van der Waals surface area contributed by atoms with Gasteiger partial charge in [-0.15, -0.1) is 0 Å². The van der Waals surface area contributed by atoms with Crippen molar-refractivity contribution in [2.45, 2.75) is 13.0 Å². The van der Waals surface area contributed by atoms with Crippen molar-refractivity contribution in [3.63, 3.8) is 0 Å². The number of para-hydroxylation sites is 1.